The highest BCUT2D eigenvalue weighted by Crippen LogP contribution is 2.40. The number of ether oxygens (including phenoxy) is 3. The number of rotatable bonds is 6. The molecule has 1 unspecified atom stereocenters. The van der Waals surface area contributed by atoms with E-state index in [-0.39, 0.29) is 0 Å². The molecular weight excluding hydrogens is 318 g/mol. The van der Waals surface area contributed by atoms with Gasteiger partial charge in [0, 0.05) is 37.0 Å². The standard InChI is InChI=1S/C16H22ClN3O3/c1-21-14-10-13-12(16(17)19-11-18-13)9-15(14)23-6-2-3-20-4-7-22-8-5-20/h9-11,16H,2-8H2,1H3,(H,18,19). The van der Waals surface area contributed by atoms with Crippen LogP contribution in [-0.4, -0.2) is 57.8 Å². The molecule has 2 aliphatic rings. The van der Waals surface area contributed by atoms with Gasteiger partial charge in [-0.05, 0) is 12.5 Å². The van der Waals surface area contributed by atoms with Gasteiger partial charge in [-0.3, -0.25) is 9.89 Å². The topological polar surface area (TPSA) is 55.3 Å². The third-order valence-corrected chi connectivity index (χ3v) is 4.35. The number of hydrogen-bond donors (Lipinski definition) is 1. The number of nitrogens with one attached hydrogen (secondary N) is 1. The largest absolute Gasteiger partial charge is 0.493 e. The molecule has 0 aromatic heterocycles. The molecule has 1 fully saturated rings. The van der Waals surface area contributed by atoms with Gasteiger partial charge in [-0.15, -0.1) is 0 Å². The van der Waals surface area contributed by atoms with Crippen LogP contribution in [0.4, 0.5) is 5.69 Å². The zero-order chi connectivity index (χ0) is 16.1. The molecule has 0 amide bonds. The fourth-order valence-electron chi connectivity index (χ4n) is 2.72. The van der Waals surface area contributed by atoms with Crippen LogP contribution < -0.4 is 14.8 Å². The molecule has 1 atom stereocenters. The first-order valence-electron chi connectivity index (χ1n) is 7.85. The Morgan fingerprint density at radius 3 is 2.96 bits per heavy atom. The van der Waals surface area contributed by atoms with Crippen LogP contribution in [0.15, 0.2) is 17.1 Å². The summed E-state index contributed by atoms with van der Waals surface area (Å²) in [5.74, 6) is 1.40. The van der Waals surface area contributed by atoms with Crippen molar-refractivity contribution in [3.8, 4) is 11.5 Å². The number of fused-ring (bicyclic) bond motifs is 1. The molecule has 6 nitrogen and oxygen atoms in total. The fourth-order valence-corrected chi connectivity index (χ4v) is 2.95. The van der Waals surface area contributed by atoms with Crippen molar-refractivity contribution in [2.75, 3.05) is 51.9 Å². The van der Waals surface area contributed by atoms with Crippen LogP contribution in [0.1, 0.15) is 17.5 Å². The molecule has 0 saturated carbocycles. The maximum absolute atomic E-state index is 6.22. The Labute approximate surface area is 141 Å². The average molecular weight is 340 g/mol. The van der Waals surface area contributed by atoms with Crippen LogP contribution in [0, 0.1) is 0 Å². The van der Waals surface area contributed by atoms with E-state index in [0.717, 1.165) is 50.5 Å². The highest BCUT2D eigenvalue weighted by atomic mass is 35.5. The second-order valence-corrected chi connectivity index (χ2v) is 5.92. The summed E-state index contributed by atoms with van der Waals surface area (Å²) in [6.07, 6.45) is 2.56. The van der Waals surface area contributed by atoms with Gasteiger partial charge in [-0.1, -0.05) is 11.6 Å². The van der Waals surface area contributed by atoms with E-state index in [9.17, 15) is 0 Å². The molecule has 1 saturated heterocycles. The van der Waals surface area contributed by atoms with Crippen LogP contribution in [0.3, 0.4) is 0 Å². The lowest BCUT2D eigenvalue weighted by molar-refractivity contribution is 0.0357. The molecule has 2 aliphatic heterocycles. The Hall–Kier alpha value is -1.50. The lowest BCUT2D eigenvalue weighted by Gasteiger charge is -2.26. The van der Waals surface area contributed by atoms with Gasteiger partial charge in [-0.2, -0.15) is 0 Å². The Balaban J connectivity index is 1.57. The van der Waals surface area contributed by atoms with Crippen molar-refractivity contribution in [2.45, 2.75) is 11.9 Å². The van der Waals surface area contributed by atoms with Crippen LogP contribution in [0.2, 0.25) is 0 Å². The quantitative estimate of drug-likeness (QED) is 0.490. The highest BCUT2D eigenvalue weighted by Gasteiger charge is 2.19. The minimum Gasteiger partial charge on any atom is -0.493 e. The van der Waals surface area contributed by atoms with Gasteiger partial charge in [-0.25, -0.2) is 0 Å². The van der Waals surface area contributed by atoms with Crippen molar-refractivity contribution in [1.82, 2.24) is 4.90 Å². The number of halogens is 1. The van der Waals surface area contributed by atoms with E-state index in [4.69, 9.17) is 25.8 Å². The van der Waals surface area contributed by atoms with E-state index in [0.29, 0.717) is 18.1 Å². The van der Waals surface area contributed by atoms with Gasteiger partial charge in [0.1, 0.15) is 0 Å². The molecule has 0 aliphatic carbocycles. The van der Waals surface area contributed by atoms with Crippen molar-refractivity contribution < 1.29 is 14.2 Å². The van der Waals surface area contributed by atoms with E-state index in [1.807, 2.05) is 12.1 Å². The van der Waals surface area contributed by atoms with Gasteiger partial charge in [0.25, 0.3) is 0 Å². The monoisotopic (exact) mass is 339 g/mol. The molecule has 0 radical (unpaired) electrons. The van der Waals surface area contributed by atoms with Crippen LogP contribution in [0.5, 0.6) is 11.5 Å². The van der Waals surface area contributed by atoms with Crippen molar-refractivity contribution in [3.63, 3.8) is 0 Å². The predicted molar refractivity (Wildman–Crippen MR) is 91.1 cm³/mol. The van der Waals surface area contributed by atoms with E-state index in [2.05, 4.69) is 15.2 Å². The minimum absolute atomic E-state index is 0.396. The lowest BCUT2D eigenvalue weighted by Crippen LogP contribution is -2.37. The molecule has 7 heteroatoms. The third-order valence-electron chi connectivity index (χ3n) is 4.00. The second-order valence-electron chi connectivity index (χ2n) is 5.50. The van der Waals surface area contributed by atoms with Gasteiger partial charge >= 0.3 is 0 Å². The SMILES string of the molecule is COc1cc2c(cc1OCCCN1CCOCC1)C(Cl)N=CN2. The fraction of sp³-hybridized carbons (Fsp3) is 0.562. The Morgan fingerprint density at radius 2 is 2.17 bits per heavy atom. The molecule has 1 aromatic rings. The second kappa shape index (κ2) is 7.86. The summed E-state index contributed by atoms with van der Waals surface area (Å²) in [4.78, 5) is 6.53. The molecule has 0 bridgehead atoms. The molecular formula is C16H22ClN3O3. The third kappa shape index (κ3) is 4.07. The number of alkyl halides is 1. The summed E-state index contributed by atoms with van der Waals surface area (Å²) in [7, 11) is 1.64. The molecule has 126 valence electrons. The Morgan fingerprint density at radius 1 is 1.35 bits per heavy atom. The van der Waals surface area contributed by atoms with E-state index >= 15 is 0 Å². The summed E-state index contributed by atoms with van der Waals surface area (Å²) in [5, 5.41) is 3.08. The first-order chi connectivity index (χ1) is 11.3. The normalized spacial score (nSPS) is 20.7. The number of anilines is 1. The number of hydrogen-bond acceptors (Lipinski definition) is 6. The Bertz CT molecular complexity index is 562. The maximum atomic E-state index is 6.22. The first kappa shape index (κ1) is 16.4. The Kier molecular flexibility index (Phi) is 5.59. The zero-order valence-corrected chi connectivity index (χ0v) is 14.0. The molecule has 0 spiro atoms. The maximum Gasteiger partial charge on any atom is 0.162 e. The van der Waals surface area contributed by atoms with Crippen molar-refractivity contribution in [1.29, 1.82) is 0 Å². The zero-order valence-electron chi connectivity index (χ0n) is 13.3. The number of benzene rings is 1. The van der Waals surface area contributed by atoms with Crippen molar-refractivity contribution >= 4 is 23.6 Å². The van der Waals surface area contributed by atoms with E-state index in [1.165, 1.54) is 0 Å². The molecule has 3 rings (SSSR count). The molecule has 1 N–H and O–H groups in total. The summed E-state index contributed by atoms with van der Waals surface area (Å²) in [6.45, 7) is 5.30. The van der Waals surface area contributed by atoms with Crippen molar-refractivity contribution in [2.24, 2.45) is 4.99 Å². The molecule has 2 heterocycles. The van der Waals surface area contributed by atoms with Gasteiger partial charge in [0.05, 0.1) is 33.3 Å². The van der Waals surface area contributed by atoms with Crippen LogP contribution in [0.25, 0.3) is 0 Å². The number of morpholine rings is 1. The summed E-state index contributed by atoms with van der Waals surface area (Å²) >= 11 is 6.22. The summed E-state index contributed by atoms with van der Waals surface area (Å²) < 4.78 is 16.7. The first-order valence-corrected chi connectivity index (χ1v) is 8.28. The average Bonchev–Trinajstić information content (AvgIpc) is 2.59. The van der Waals surface area contributed by atoms with Gasteiger partial charge in [0.15, 0.2) is 17.0 Å². The molecule has 23 heavy (non-hydrogen) atoms. The minimum atomic E-state index is -0.396. The number of aliphatic imine (C=N–C) groups is 1. The lowest BCUT2D eigenvalue weighted by atomic mass is 10.1. The van der Waals surface area contributed by atoms with Crippen LogP contribution >= 0.6 is 11.6 Å². The van der Waals surface area contributed by atoms with Crippen molar-refractivity contribution in [3.05, 3.63) is 17.7 Å². The summed E-state index contributed by atoms with van der Waals surface area (Å²) in [6, 6.07) is 3.80. The van der Waals surface area contributed by atoms with Gasteiger partial charge in [0.2, 0.25) is 0 Å². The predicted octanol–water partition coefficient (Wildman–Crippen LogP) is 2.49. The number of methoxy groups -OCH3 is 1. The molecule has 1 aromatic carbocycles. The number of nitrogens with zero attached hydrogens (tertiary/aromatic N) is 2. The van der Waals surface area contributed by atoms with Gasteiger partial charge < -0.3 is 19.5 Å². The smallest absolute Gasteiger partial charge is 0.162 e. The van der Waals surface area contributed by atoms with E-state index < -0.39 is 5.50 Å². The van der Waals surface area contributed by atoms with Crippen LogP contribution in [-0.2, 0) is 4.74 Å². The summed E-state index contributed by atoms with van der Waals surface area (Å²) in [5.41, 5.74) is 1.41. The highest BCUT2D eigenvalue weighted by molar-refractivity contribution is 6.22. The van der Waals surface area contributed by atoms with E-state index in [1.54, 1.807) is 13.4 Å².